The summed E-state index contributed by atoms with van der Waals surface area (Å²) in [4.78, 5) is 43.3. The predicted molar refractivity (Wildman–Crippen MR) is 189 cm³/mol. The van der Waals surface area contributed by atoms with Crippen LogP contribution in [0, 0.1) is 0 Å². The lowest BCUT2D eigenvalue weighted by molar-refractivity contribution is -0.146. The van der Waals surface area contributed by atoms with Gasteiger partial charge in [-0.3, -0.25) is 19.2 Å². The smallest absolute Gasteiger partial charge is 0.306 e. The Morgan fingerprint density at radius 2 is 1.12 bits per heavy atom. The molecule has 1 rings (SSSR count). The Kier molecular flexibility index (Phi) is 29.9. The average Bonchev–Trinajstić information content (AvgIpc) is 3.10. The van der Waals surface area contributed by atoms with Crippen LogP contribution >= 0.6 is 0 Å². The Hall–Kier alpha value is -2.53. The molecule has 1 atom stereocenters. The Labute approximate surface area is 290 Å². The number of rotatable bonds is 34. The molecule has 1 aromatic rings. The van der Waals surface area contributed by atoms with E-state index in [0.29, 0.717) is 32.8 Å². The highest BCUT2D eigenvalue weighted by Gasteiger charge is 2.22. The summed E-state index contributed by atoms with van der Waals surface area (Å²) in [6, 6.07) is 8.47. The van der Waals surface area contributed by atoms with Crippen LogP contribution < -0.4 is 10.8 Å². The number of nitrogens with one attached hydrogen (secondary N) is 2. The number of carbonyl (C=O) groups excluding carboxylic acids is 3. The zero-order valence-electron chi connectivity index (χ0n) is 30.1. The molecule has 10 heteroatoms. The van der Waals surface area contributed by atoms with E-state index in [0.717, 1.165) is 44.3 Å². The number of amides is 2. The maximum Gasteiger partial charge on any atom is 0.306 e. The van der Waals surface area contributed by atoms with Crippen molar-refractivity contribution in [3.63, 3.8) is 0 Å². The van der Waals surface area contributed by atoms with Crippen molar-refractivity contribution in [2.24, 2.45) is 0 Å². The van der Waals surface area contributed by atoms with Crippen LogP contribution in [-0.2, 0) is 44.8 Å². The predicted octanol–water partition coefficient (Wildman–Crippen LogP) is 7.37. The summed E-state index contributed by atoms with van der Waals surface area (Å²) in [6.07, 6.45) is 18.6. The molecule has 0 saturated heterocycles. The van der Waals surface area contributed by atoms with Gasteiger partial charge in [-0.15, -0.1) is 0 Å². The third kappa shape index (κ3) is 27.4. The molecule has 10 nitrogen and oxygen atoms in total. The van der Waals surface area contributed by atoms with Gasteiger partial charge in [-0.25, -0.2) is 5.48 Å². The molecule has 0 aliphatic rings. The highest BCUT2D eigenvalue weighted by molar-refractivity contribution is 5.87. The van der Waals surface area contributed by atoms with Gasteiger partial charge >= 0.3 is 5.97 Å². The average molecular weight is 679 g/mol. The molecular formula is C38H66N2O8. The monoisotopic (exact) mass is 678 g/mol. The van der Waals surface area contributed by atoms with Crippen LogP contribution in [0.2, 0.25) is 0 Å². The Morgan fingerprint density at radius 3 is 1.71 bits per heavy atom. The molecule has 2 amide bonds. The molecule has 0 heterocycles. The highest BCUT2D eigenvalue weighted by Crippen LogP contribution is 2.13. The molecule has 48 heavy (non-hydrogen) atoms. The first-order valence-electron chi connectivity index (χ1n) is 18.7. The third-order valence-electron chi connectivity index (χ3n) is 7.93. The molecular weight excluding hydrogens is 612 g/mol. The van der Waals surface area contributed by atoms with Crippen molar-refractivity contribution in [3.05, 3.63) is 35.9 Å². The van der Waals surface area contributed by atoms with Crippen LogP contribution in [0.1, 0.15) is 135 Å². The lowest BCUT2D eigenvalue weighted by atomic mass is 10.0. The zero-order valence-corrected chi connectivity index (χ0v) is 30.1. The fraction of sp³-hybridized carbons (Fsp3) is 0.763. The van der Waals surface area contributed by atoms with E-state index in [2.05, 4.69) is 24.6 Å². The largest absolute Gasteiger partial charge is 0.461 e. The summed E-state index contributed by atoms with van der Waals surface area (Å²) in [5, 5.41) is 2.79. The number of hydrogen-bond acceptors (Lipinski definition) is 8. The van der Waals surface area contributed by atoms with Gasteiger partial charge in [0.1, 0.15) is 12.6 Å². The van der Waals surface area contributed by atoms with Crippen LogP contribution in [0.25, 0.3) is 0 Å². The minimum atomic E-state index is -0.919. The summed E-state index contributed by atoms with van der Waals surface area (Å²) >= 11 is 0. The molecule has 0 aromatic heterocycles. The summed E-state index contributed by atoms with van der Waals surface area (Å²) in [5.41, 5.74) is 3.27. The number of carbonyl (C=O) groups is 3. The molecule has 1 aromatic carbocycles. The number of hydroxylamine groups is 1. The number of benzene rings is 1. The van der Waals surface area contributed by atoms with E-state index in [1.165, 1.54) is 64.2 Å². The molecule has 0 unspecified atom stereocenters. The van der Waals surface area contributed by atoms with Crippen molar-refractivity contribution in [2.45, 2.75) is 142 Å². The van der Waals surface area contributed by atoms with Gasteiger partial charge in [0, 0.05) is 19.4 Å². The van der Waals surface area contributed by atoms with Crippen molar-refractivity contribution in [2.75, 3.05) is 46.2 Å². The minimum absolute atomic E-state index is 0.0172. The number of hydrogen-bond donors (Lipinski definition) is 2. The quantitative estimate of drug-likeness (QED) is 0.0440. The lowest BCUT2D eigenvalue weighted by Crippen LogP contribution is -2.47. The second kappa shape index (κ2) is 33.0. The summed E-state index contributed by atoms with van der Waals surface area (Å²) in [7, 11) is 0. The standard InChI is InChI=1S/C38H66N2O8/c1-3-5-7-8-9-10-11-12-13-14-15-16-20-23-36(41)39-35(24-25-37(42)47-33-34-21-18-17-19-22-34)38(43)40-48-32-31-46-30-29-45-28-27-44-26-6-4-2/h17-19,21-22,35H,3-16,20,23-33H2,1-2H3,(H,39,41)(H,40,43)/t35-/m0/s1. The van der Waals surface area contributed by atoms with E-state index >= 15 is 0 Å². The van der Waals surface area contributed by atoms with Gasteiger partial charge in [0.25, 0.3) is 5.91 Å². The lowest BCUT2D eigenvalue weighted by Gasteiger charge is -2.18. The van der Waals surface area contributed by atoms with Gasteiger partial charge in [0.2, 0.25) is 5.91 Å². The van der Waals surface area contributed by atoms with E-state index < -0.39 is 17.9 Å². The van der Waals surface area contributed by atoms with Crippen LogP contribution in [0.15, 0.2) is 30.3 Å². The number of esters is 1. The molecule has 0 aliphatic carbocycles. The van der Waals surface area contributed by atoms with Gasteiger partial charge in [-0.1, -0.05) is 128 Å². The fourth-order valence-electron chi connectivity index (χ4n) is 4.99. The van der Waals surface area contributed by atoms with Crippen molar-refractivity contribution in [1.29, 1.82) is 0 Å². The van der Waals surface area contributed by atoms with Crippen molar-refractivity contribution >= 4 is 17.8 Å². The highest BCUT2D eigenvalue weighted by atomic mass is 16.7. The maximum atomic E-state index is 12.9. The minimum Gasteiger partial charge on any atom is -0.461 e. The molecule has 0 spiro atoms. The fourth-order valence-corrected chi connectivity index (χ4v) is 4.99. The van der Waals surface area contributed by atoms with E-state index in [4.69, 9.17) is 23.8 Å². The van der Waals surface area contributed by atoms with Crippen molar-refractivity contribution < 1.29 is 38.2 Å². The van der Waals surface area contributed by atoms with Crippen LogP contribution in [-0.4, -0.2) is 70.1 Å². The van der Waals surface area contributed by atoms with E-state index in [1.54, 1.807) is 0 Å². The topological polar surface area (TPSA) is 121 Å². The third-order valence-corrected chi connectivity index (χ3v) is 7.93. The first kappa shape index (κ1) is 43.5. The summed E-state index contributed by atoms with van der Waals surface area (Å²) in [6.45, 7) is 7.60. The van der Waals surface area contributed by atoms with Crippen molar-refractivity contribution in [3.8, 4) is 0 Å². The van der Waals surface area contributed by atoms with Gasteiger partial charge in [-0.05, 0) is 24.8 Å². The molecule has 0 saturated carbocycles. The summed E-state index contributed by atoms with van der Waals surface area (Å²) < 4.78 is 21.7. The SMILES string of the molecule is CCCCCCCCCCCCCCCC(=O)N[C@@H](CCC(=O)OCc1ccccc1)C(=O)NOCCOCCOCCOCCCC. The van der Waals surface area contributed by atoms with Crippen LogP contribution in [0.3, 0.4) is 0 Å². The molecule has 2 N–H and O–H groups in total. The first-order valence-corrected chi connectivity index (χ1v) is 18.7. The van der Waals surface area contributed by atoms with Crippen LogP contribution in [0.4, 0.5) is 0 Å². The number of unbranched alkanes of at least 4 members (excludes halogenated alkanes) is 13. The van der Waals surface area contributed by atoms with E-state index in [9.17, 15) is 14.4 Å². The second-order valence-electron chi connectivity index (χ2n) is 12.3. The van der Waals surface area contributed by atoms with Gasteiger partial charge in [0.05, 0.1) is 39.6 Å². The second-order valence-corrected chi connectivity index (χ2v) is 12.3. The summed E-state index contributed by atoms with van der Waals surface area (Å²) in [5.74, 6) is -1.17. The first-order chi connectivity index (χ1) is 23.6. The normalized spacial score (nSPS) is 11.7. The molecule has 276 valence electrons. The van der Waals surface area contributed by atoms with Gasteiger partial charge in [0.15, 0.2) is 0 Å². The van der Waals surface area contributed by atoms with Crippen LogP contribution in [0.5, 0.6) is 0 Å². The van der Waals surface area contributed by atoms with Gasteiger partial charge < -0.3 is 24.3 Å². The molecule has 0 bridgehead atoms. The number of ether oxygens (including phenoxy) is 4. The molecule has 0 aliphatic heterocycles. The molecule has 0 fully saturated rings. The maximum absolute atomic E-state index is 12.9. The van der Waals surface area contributed by atoms with Crippen molar-refractivity contribution in [1.82, 2.24) is 10.8 Å². The Bertz CT molecular complexity index is 902. The van der Waals surface area contributed by atoms with E-state index in [-0.39, 0.29) is 38.6 Å². The Morgan fingerprint density at radius 1 is 0.604 bits per heavy atom. The molecule has 0 radical (unpaired) electrons. The zero-order chi connectivity index (χ0) is 34.8. The Balaban J connectivity index is 2.29. The van der Waals surface area contributed by atoms with Gasteiger partial charge in [-0.2, -0.15) is 0 Å². The van der Waals surface area contributed by atoms with E-state index in [1.807, 2.05) is 30.3 Å².